The standard InChI is InChI=1S/C32H33ClFN5O4/c1-16-11-21-19(14-36-16)32(30(42)37-21)24(13-31(2,3)4)39-15-38(22-10-9-17(28(35)40)12-23(22)43-5)29(41)27(39)25(32)18-7-6-8-20(33)26(18)34/h6-12,14,24-25,27H,13,15H2,1-5H3,(H2,35,40)(H,37,42)/t24-,25-,27+,32-/m0/s1. The van der Waals surface area contributed by atoms with Crippen LogP contribution in [0.2, 0.25) is 5.02 Å². The van der Waals surface area contributed by atoms with Crippen molar-refractivity contribution in [2.45, 2.75) is 57.5 Å². The Morgan fingerprint density at radius 3 is 2.65 bits per heavy atom. The van der Waals surface area contributed by atoms with Gasteiger partial charge in [-0.15, -0.1) is 0 Å². The molecule has 0 unspecified atom stereocenters. The SMILES string of the molecule is COc1cc(C(N)=O)ccc1N1CN2[C@@H](CC(C)(C)C)[C@]3(C(=O)Nc4cc(C)ncc43)[C@@H](c3cccc(Cl)c3F)[C@@H]2C1=O. The largest absolute Gasteiger partial charge is 0.495 e. The Labute approximate surface area is 254 Å². The molecule has 3 aliphatic heterocycles. The summed E-state index contributed by atoms with van der Waals surface area (Å²) >= 11 is 6.32. The maximum absolute atomic E-state index is 16.1. The molecule has 43 heavy (non-hydrogen) atoms. The van der Waals surface area contributed by atoms with Crippen molar-refractivity contribution < 1.29 is 23.5 Å². The number of hydrogen-bond acceptors (Lipinski definition) is 6. The van der Waals surface area contributed by atoms with Gasteiger partial charge in [-0.25, -0.2) is 4.39 Å². The maximum Gasteiger partial charge on any atom is 0.248 e. The third-order valence-electron chi connectivity index (χ3n) is 8.90. The molecule has 4 atom stereocenters. The highest BCUT2D eigenvalue weighted by molar-refractivity contribution is 6.30. The van der Waals surface area contributed by atoms with Gasteiger partial charge in [0.1, 0.15) is 17.0 Å². The number of carbonyl (C=O) groups excluding carboxylic acids is 3. The Morgan fingerprint density at radius 1 is 1.23 bits per heavy atom. The lowest BCUT2D eigenvalue weighted by molar-refractivity contribution is -0.122. The number of halogens is 2. The van der Waals surface area contributed by atoms with E-state index in [-0.39, 0.29) is 40.0 Å². The monoisotopic (exact) mass is 605 g/mol. The van der Waals surface area contributed by atoms with Gasteiger partial charge in [-0.05, 0) is 54.7 Å². The number of benzene rings is 2. The minimum absolute atomic E-state index is 0.0925. The van der Waals surface area contributed by atoms with Crippen molar-refractivity contribution in [2.75, 3.05) is 24.0 Å². The van der Waals surface area contributed by atoms with Crippen molar-refractivity contribution in [3.8, 4) is 5.75 Å². The minimum atomic E-state index is -1.33. The lowest BCUT2D eigenvalue weighted by atomic mass is 9.62. The van der Waals surface area contributed by atoms with E-state index in [4.69, 9.17) is 22.1 Å². The van der Waals surface area contributed by atoms with E-state index in [9.17, 15) is 14.4 Å². The van der Waals surface area contributed by atoms with Crippen molar-refractivity contribution in [1.29, 1.82) is 0 Å². The summed E-state index contributed by atoms with van der Waals surface area (Å²) in [4.78, 5) is 49.0. The van der Waals surface area contributed by atoms with E-state index >= 15 is 4.39 Å². The Kier molecular flexibility index (Phi) is 6.78. The first-order valence-electron chi connectivity index (χ1n) is 14.1. The van der Waals surface area contributed by atoms with Gasteiger partial charge in [0.25, 0.3) is 0 Å². The molecule has 2 aromatic carbocycles. The van der Waals surface area contributed by atoms with Gasteiger partial charge in [0.15, 0.2) is 0 Å². The van der Waals surface area contributed by atoms with E-state index in [0.29, 0.717) is 29.1 Å². The van der Waals surface area contributed by atoms with Crippen molar-refractivity contribution in [3.05, 3.63) is 81.9 Å². The van der Waals surface area contributed by atoms with Gasteiger partial charge >= 0.3 is 0 Å². The number of aryl methyl sites for hydroxylation is 1. The molecule has 4 heterocycles. The van der Waals surface area contributed by atoms with Gasteiger partial charge in [0, 0.05) is 40.7 Å². The lowest BCUT2D eigenvalue weighted by Crippen LogP contribution is -2.52. The summed E-state index contributed by atoms with van der Waals surface area (Å²) in [5.41, 5.74) is 6.71. The summed E-state index contributed by atoms with van der Waals surface area (Å²) in [6.45, 7) is 8.17. The summed E-state index contributed by atoms with van der Waals surface area (Å²) in [6.07, 6.45) is 2.20. The normalized spacial score (nSPS) is 24.8. The van der Waals surface area contributed by atoms with Crippen molar-refractivity contribution in [3.63, 3.8) is 0 Å². The number of pyridine rings is 1. The predicted molar refractivity (Wildman–Crippen MR) is 161 cm³/mol. The molecule has 0 aliphatic carbocycles. The molecule has 3 aliphatic rings. The first kappa shape index (κ1) is 29.1. The number of primary amides is 1. The number of rotatable bonds is 5. The second-order valence-corrected chi connectivity index (χ2v) is 13.1. The Hall–Kier alpha value is -4.02. The molecular formula is C32H33ClFN5O4. The van der Waals surface area contributed by atoms with Crippen molar-refractivity contribution in [2.24, 2.45) is 11.1 Å². The van der Waals surface area contributed by atoms with E-state index < -0.39 is 35.1 Å². The molecule has 224 valence electrons. The van der Waals surface area contributed by atoms with Crippen LogP contribution >= 0.6 is 11.6 Å². The molecule has 6 rings (SSSR count). The van der Waals surface area contributed by atoms with E-state index in [0.717, 1.165) is 5.69 Å². The molecule has 9 nitrogen and oxygen atoms in total. The fraction of sp³-hybridized carbons (Fsp3) is 0.375. The number of ether oxygens (including phenoxy) is 1. The molecule has 3 aromatic rings. The molecule has 0 saturated carbocycles. The highest BCUT2D eigenvalue weighted by Crippen LogP contribution is 2.61. The first-order chi connectivity index (χ1) is 20.3. The highest BCUT2D eigenvalue weighted by atomic mass is 35.5. The highest BCUT2D eigenvalue weighted by Gasteiger charge is 2.71. The van der Waals surface area contributed by atoms with Gasteiger partial charge in [0.2, 0.25) is 17.7 Å². The fourth-order valence-corrected chi connectivity index (χ4v) is 7.41. The Morgan fingerprint density at radius 2 is 1.98 bits per heavy atom. The number of carbonyl (C=O) groups is 3. The molecular weight excluding hydrogens is 573 g/mol. The minimum Gasteiger partial charge on any atom is -0.495 e. The number of anilines is 2. The average Bonchev–Trinajstić information content (AvgIpc) is 3.52. The zero-order valence-corrected chi connectivity index (χ0v) is 25.3. The fourth-order valence-electron chi connectivity index (χ4n) is 7.23. The van der Waals surface area contributed by atoms with Crippen LogP contribution in [0.3, 0.4) is 0 Å². The van der Waals surface area contributed by atoms with Crippen LogP contribution in [0.4, 0.5) is 15.8 Å². The van der Waals surface area contributed by atoms with Crippen LogP contribution in [0.25, 0.3) is 0 Å². The molecule has 0 bridgehead atoms. The van der Waals surface area contributed by atoms with Gasteiger partial charge in [-0.1, -0.05) is 44.5 Å². The van der Waals surface area contributed by atoms with Gasteiger partial charge < -0.3 is 15.8 Å². The molecule has 0 radical (unpaired) electrons. The molecule has 2 fully saturated rings. The van der Waals surface area contributed by atoms with E-state index in [2.05, 4.69) is 31.1 Å². The number of hydrogen-bond donors (Lipinski definition) is 2. The zero-order valence-electron chi connectivity index (χ0n) is 24.6. The van der Waals surface area contributed by atoms with Crippen LogP contribution in [-0.2, 0) is 15.0 Å². The third-order valence-corrected chi connectivity index (χ3v) is 9.19. The van der Waals surface area contributed by atoms with E-state index in [1.807, 2.05) is 17.9 Å². The second-order valence-electron chi connectivity index (χ2n) is 12.7. The average molecular weight is 606 g/mol. The second kappa shape index (κ2) is 10.0. The van der Waals surface area contributed by atoms with E-state index in [1.54, 1.807) is 29.3 Å². The van der Waals surface area contributed by atoms with Gasteiger partial charge in [-0.2, -0.15) is 0 Å². The van der Waals surface area contributed by atoms with Crippen molar-refractivity contribution >= 4 is 40.7 Å². The van der Waals surface area contributed by atoms with Crippen LogP contribution in [0.5, 0.6) is 5.75 Å². The number of fused-ring (bicyclic) bond motifs is 3. The number of methoxy groups -OCH3 is 1. The topological polar surface area (TPSA) is 118 Å². The Balaban J connectivity index is 1.60. The number of nitrogens with one attached hydrogen (secondary N) is 1. The quantitative estimate of drug-likeness (QED) is 0.433. The predicted octanol–water partition coefficient (Wildman–Crippen LogP) is 4.76. The van der Waals surface area contributed by atoms with Gasteiger partial charge in [-0.3, -0.25) is 29.2 Å². The van der Waals surface area contributed by atoms with Crippen LogP contribution in [0, 0.1) is 18.2 Å². The van der Waals surface area contributed by atoms with Crippen molar-refractivity contribution in [1.82, 2.24) is 9.88 Å². The lowest BCUT2D eigenvalue weighted by Gasteiger charge is -2.40. The third kappa shape index (κ3) is 4.30. The van der Waals surface area contributed by atoms with Crippen LogP contribution in [-0.4, -0.2) is 53.5 Å². The zero-order chi connectivity index (χ0) is 31.0. The number of nitrogens with zero attached hydrogens (tertiary/aromatic N) is 3. The molecule has 3 N–H and O–H groups in total. The molecule has 1 spiro atoms. The first-order valence-corrected chi connectivity index (χ1v) is 14.4. The summed E-state index contributed by atoms with van der Waals surface area (Å²) in [7, 11) is 1.45. The number of nitrogens with two attached hydrogens (primary N) is 1. The number of amides is 3. The molecule has 11 heteroatoms. The summed E-state index contributed by atoms with van der Waals surface area (Å²) in [5.74, 6) is -2.56. The summed E-state index contributed by atoms with van der Waals surface area (Å²) in [5, 5.41) is 2.96. The van der Waals surface area contributed by atoms with Crippen LogP contribution in [0.15, 0.2) is 48.7 Å². The van der Waals surface area contributed by atoms with Crippen LogP contribution in [0.1, 0.15) is 60.3 Å². The van der Waals surface area contributed by atoms with E-state index in [1.165, 1.54) is 25.3 Å². The molecule has 3 amide bonds. The number of aromatic nitrogens is 1. The summed E-state index contributed by atoms with van der Waals surface area (Å²) in [6, 6.07) is 9.72. The molecule has 1 aromatic heterocycles. The smallest absolute Gasteiger partial charge is 0.248 e. The summed E-state index contributed by atoms with van der Waals surface area (Å²) < 4.78 is 21.6. The molecule has 2 saturated heterocycles. The maximum atomic E-state index is 16.1. The van der Waals surface area contributed by atoms with Crippen LogP contribution < -0.4 is 20.7 Å². The van der Waals surface area contributed by atoms with Gasteiger partial charge in [0.05, 0.1) is 30.5 Å². The Bertz CT molecular complexity index is 1690.